The van der Waals surface area contributed by atoms with Crippen LogP contribution in [-0.4, -0.2) is 44.3 Å². The first-order valence-electron chi connectivity index (χ1n) is 11.8. The molecule has 0 unspecified atom stereocenters. The number of nitrogens with one attached hydrogen (secondary N) is 2. The molecule has 1 aliphatic carbocycles. The van der Waals surface area contributed by atoms with Gasteiger partial charge >= 0.3 is 0 Å². The lowest BCUT2D eigenvalue weighted by Gasteiger charge is -2.38. The number of imidazole rings is 1. The van der Waals surface area contributed by atoms with E-state index in [4.69, 9.17) is 5.10 Å². The second-order valence-corrected chi connectivity index (χ2v) is 9.86. The Bertz CT molecular complexity index is 1360. The quantitative estimate of drug-likeness (QED) is 0.483. The van der Waals surface area contributed by atoms with Crippen molar-refractivity contribution < 1.29 is 4.39 Å². The van der Waals surface area contributed by atoms with Crippen LogP contribution in [0.3, 0.4) is 0 Å². The number of hydrogen-bond acceptors (Lipinski definition) is 5. The molecular formula is C25H30FN7. The molecular weight excluding hydrogens is 417 g/mol. The number of anilines is 3. The number of rotatable bonds is 4. The van der Waals surface area contributed by atoms with Gasteiger partial charge in [0.25, 0.3) is 0 Å². The molecule has 1 aromatic carbocycles. The lowest BCUT2D eigenvalue weighted by molar-refractivity contribution is 0.407. The highest BCUT2D eigenvalue weighted by atomic mass is 19.1. The van der Waals surface area contributed by atoms with Crippen LogP contribution in [0.1, 0.15) is 43.9 Å². The predicted molar refractivity (Wildman–Crippen MR) is 130 cm³/mol. The summed E-state index contributed by atoms with van der Waals surface area (Å²) >= 11 is 0. The fourth-order valence-electron chi connectivity index (χ4n) is 5.31. The SMILES string of the molecule is Cc1cn2cc(Nc3nn(C)c4cc(N5C[C@@H](C)N[C@@H](C)C5)cc(C5CC5)c34)cc(F)c2n1. The van der Waals surface area contributed by atoms with Gasteiger partial charge in [-0.2, -0.15) is 5.10 Å². The highest BCUT2D eigenvalue weighted by Gasteiger charge is 2.30. The van der Waals surface area contributed by atoms with Gasteiger partial charge in [0.15, 0.2) is 17.3 Å². The number of fused-ring (bicyclic) bond motifs is 2. The van der Waals surface area contributed by atoms with Crippen LogP contribution in [0.2, 0.25) is 0 Å². The van der Waals surface area contributed by atoms with Crippen molar-refractivity contribution >= 4 is 33.7 Å². The fourth-order valence-corrected chi connectivity index (χ4v) is 5.31. The molecule has 2 N–H and O–H groups in total. The standard InChI is InChI=1S/C25H30FN7/c1-14-10-32(11-15(2)27-14)19-8-20(17-5-6-17)23-22(9-19)31(4)30-24(23)29-18-7-21(26)25-28-16(3)12-33(25)13-18/h7-9,12-15,17,27H,5-6,10-11H2,1-4H3,(H,29,30)/t14-,15+. The molecule has 0 amide bonds. The van der Waals surface area contributed by atoms with E-state index in [2.05, 4.69) is 46.5 Å². The van der Waals surface area contributed by atoms with Crippen molar-refractivity contribution in [2.24, 2.45) is 7.05 Å². The topological polar surface area (TPSA) is 62.4 Å². The van der Waals surface area contributed by atoms with Gasteiger partial charge in [0, 0.05) is 61.8 Å². The molecule has 4 aromatic rings. The van der Waals surface area contributed by atoms with E-state index in [1.54, 1.807) is 4.40 Å². The van der Waals surface area contributed by atoms with Crippen molar-refractivity contribution in [1.82, 2.24) is 24.5 Å². The van der Waals surface area contributed by atoms with Gasteiger partial charge in [0.05, 0.1) is 16.9 Å². The number of pyridine rings is 1. The average molecular weight is 448 g/mol. The molecule has 4 heterocycles. The Hall–Kier alpha value is -3.13. The Kier molecular flexibility index (Phi) is 4.62. The van der Waals surface area contributed by atoms with Crippen LogP contribution >= 0.6 is 0 Å². The average Bonchev–Trinajstić information content (AvgIpc) is 3.46. The highest BCUT2D eigenvalue weighted by molar-refractivity contribution is 5.97. The largest absolute Gasteiger partial charge is 0.368 e. The van der Waals surface area contributed by atoms with Crippen LogP contribution < -0.4 is 15.5 Å². The third-order valence-corrected chi connectivity index (χ3v) is 6.80. The van der Waals surface area contributed by atoms with Gasteiger partial charge in [0.2, 0.25) is 0 Å². The van der Waals surface area contributed by atoms with Crippen LogP contribution in [0.4, 0.5) is 21.6 Å². The van der Waals surface area contributed by atoms with Crippen LogP contribution in [0.25, 0.3) is 16.6 Å². The first-order valence-corrected chi connectivity index (χ1v) is 11.8. The lowest BCUT2D eigenvalue weighted by atomic mass is 10.0. The third kappa shape index (κ3) is 3.62. The molecule has 2 fully saturated rings. The maximum absolute atomic E-state index is 14.7. The summed E-state index contributed by atoms with van der Waals surface area (Å²) in [6.07, 6.45) is 6.11. The van der Waals surface area contributed by atoms with Crippen molar-refractivity contribution in [1.29, 1.82) is 0 Å². The number of piperazine rings is 1. The van der Waals surface area contributed by atoms with Crippen molar-refractivity contribution in [3.8, 4) is 0 Å². The lowest BCUT2D eigenvalue weighted by Crippen LogP contribution is -2.54. The Morgan fingerprint density at radius 2 is 1.85 bits per heavy atom. The monoisotopic (exact) mass is 447 g/mol. The van der Waals surface area contributed by atoms with E-state index in [9.17, 15) is 4.39 Å². The van der Waals surface area contributed by atoms with Gasteiger partial charge in [-0.25, -0.2) is 9.37 Å². The fraction of sp³-hybridized carbons (Fsp3) is 0.440. The van der Waals surface area contributed by atoms with E-state index in [-0.39, 0.29) is 5.82 Å². The molecule has 172 valence electrons. The Labute approximate surface area is 192 Å². The minimum Gasteiger partial charge on any atom is -0.368 e. The molecule has 2 aliphatic rings. The second-order valence-electron chi connectivity index (χ2n) is 9.86. The molecule has 1 saturated carbocycles. The summed E-state index contributed by atoms with van der Waals surface area (Å²) in [4.78, 5) is 6.74. The summed E-state index contributed by atoms with van der Waals surface area (Å²) in [7, 11) is 1.99. The molecule has 7 nitrogen and oxygen atoms in total. The second kappa shape index (κ2) is 7.45. The summed E-state index contributed by atoms with van der Waals surface area (Å²) in [6.45, 7) is 8.34. The maximum atomic E-state index is 14.7. The Morgan fingerprint density at radius 1 is 1.09 bits per heavy atom. The summed E-state index contributed by atoms with van der Waals surface area (Å²) in [5.41, 5.74) is 5.50. The van der Waals surface area contributed by atoms with Gasteiger partial charge in [-0.15, -0.1) is 0 Å². The molecule has 3 aromatic heterocycles. The summed E-state index contributed by atoms with van der Waals surface area (Å²) < 4.78 is 18.3. The van der Waals surface area contributed by atoms with Crippen LogP contribution in [-0.2, 0) is 7.05 Å². The van der Waals surface area contributed by atoms with Crippen LogP contribution in [0.5, 0.6) is 0 Å². The zero-order chi connectivity index (χ0) is 22.9. The molecule has 8 heteroatoms. The normalized spacial score (nSPS) is 21.3. The number of halogens is 1. The van der Waals surface area contributed by atoms with Crippen LogP contribution in [0, 0.1) is 12.7 Å². The van der Waals surface area contributed by atoms with Gasteiger partial charge in [-0.05, 0) is 57.2 Å². The smallest absolute Gasteiger partial charge is 0.173 e. The van der Waals surface area contributed by atoms with Crippen molar-refractivity contribution in [2.75, 3.05) is 23.3 Å². The van der Waals surface area contributed by atoms with E-state index in [1.807, 2.05) is 31.0 Å². The highest BCUT2D eigenvalue weighted by Crippen LogP contribution is 2.47. The van der Waals surface area contributed by atoms with E-state index in [0.29, 0.717) is 29.3 Å². The van der Waals surface area contributed by atoms with E-state index < -0.39 is 0 Å². The minimum atomic E-state index is -0.347. The van der Waals surface area contributed by atoms with E-state index in [0.717, 1.165) is 35.5 Å². The number of nitrogens with zero attached hydrogens (tertiary/aromatic N) is 5. The Balaban J connectivity index is 1.43. The van der Waals surface area contributed by atoms with Gasteiger partial charge in [-0.1, -0.05) is 0 Å². The molecule has 0 radical (unpaired) electrons. The summed E-state index contributed by atoms with van der Waals surface area (Å²) in [6, 6.07) is 7.02. The zero-order valence-electron chi connectivity index (χ0n) is 19.6. The van der Waals surface area contributed by atoms with Gasteiger partial charge in [-0.3, -0.25) is 4.68 Å². The third-order valence-electron chi connectivity index (χ3n) is 6.80. The number of aryl methyl sites for hydroxylation is 2. The molecule has 6 rings (SSSR count). The van der Waals surface area contributed by atoms with Crippen molar-refractivity contribution in [3.63, 3.8) is 0 Å². The summed E-state index contributed by atoms with van der Waals surface area (Å²) in [5.74, 6) is 0.990. The van der Waals surface area contributed by atoms with Crippen LogP contribution in [0.15, 0.2) is 30.6 Å². The maximum Gasteiger partial charge on any atom is 0.173 e. The van der Waals surface area contributed by atoms with Gasteiger partial charge in [0.1, 0.15) is 0 Å². The zero-order valence-corrected chi connectivity index (χ0v) is 19.6. The van der Waals surface area contributed by atoms with E-state index >= 15 is 0 Å². The molecule has 2 atom stereocenters. The molecule has 0 spiro atoms. The molecule has 1 aliphatic heterocycles. The summed E-state index contributed by atoms with van der Waals surface area (Å²) in [5, 5.41) is 13.0. The Morgan fingerprint density at radius 3 is 2.58 bits per heavy atom. The minimum absolute atomic E-state index is 0.340. The van der Waals surface area contributed by atoms with Crippen molar-refractivity contribution in [2.45, 2.75) is 51.6 Å². The number of benzene rings is 1. The molecule has 33 heavy (non-hydrogen) atoms. The molecule has 1 saturated heterocycles. The number of hydrogen-bond donors (Lipinski definition) is 2. The molecule has 0 bridgehead atoms. The first-order chi connectivity index (χ1) is 15.9. The number of aromatic nitrogens is 4. The first kappa shape index (κ1) is 20.5. The predicted octanol–water partition coefficient (Wildman–Crippen LogP) is 4.48. The van der Waals surface area contributed by atoms with Gasteiger partial charge < -0.3 is 19.9 Å². The van der Waals surface area contributed by atoms with E-state index in [1.165, 1.54) is 30.2 Å². The van der Waals surface area contributed by atoms with Crippen molar-refractivity contribution in [3.05, 3.63) is 47.7 Å².